The number of unbranched alkanes of at least 4 members (excludes halogenated alkanes) is 1. The number of benzene rings is 2. The van der Waals surface area contributed by atoms with E-state index in [4.69, 9.17) is 26.8 Å². The molecule has 180 valence electrons. The van der Waals surface area contributed by atoms with Crippen LogP contribution < -0.4 is 31.4 Å². The Kier molecular flexibility index (Phi) is 7.47. The molecule has 4 rings (SSSR count). The molecule has 0 aliphatic carbocycles. The second kappa shape index (κ2) is 10.7. The van der Waals surface area contributed by atoms with Crippen molar-refractivity contribution in [2.75, 3.05) is 23.8 Å². The average Bonchev–Trinajstić information content (AvgIpc) is 3.05. The van der Waals surface area contributed by atoms with E-state index in [0.717, 1.165) is 30.4 Å². The van der Waals surface area contributed by atoms with Gasteiger partial charge in [0.05, 0.1) is 18.2 Å². The number of nitrogens with zero attached hydrogens (tertiary/aromatic N) is 2. The maximum atomic E-state index is 13.0. The van der Waals surface area contributed by atoms with E-state index in [1.165, 1.54) is 4.57 Å². The van der Waals surface area contributed by atoms with Gasteiger partial charge in [-0.05, 0) is 29.7 Å². The molecular weight excluding hydrogens is 456 g/mol. The predicted octanol–water partition coefficient (Wildman–Crippen LogP) is 3.94. The molecule has 0 unspecified atom stereocenters. The lowest BCUT2D eigenvalue weighted by atomic mass is 10.1. The van der Waals surface area contributed by atoms with Crippen molar-refractivity contribution in [3.05, 3.63) is 79.5 Å². The Hall–Kier alpha value is -3.39. The number of nitrogens with two attached hydrogens (primary N) is 1. The molecule has 0 radical (unpaired) electrons. The molecule has 0 saturated carbocycles. The van der Waals surface area contributed by atoms with Gasteiger partial charge in [-0.3, -0.25) is 14.3 Å². The van der Waals surface area contributed by atoms with Crippen LogP contribution in [-0.4, -0.2) is 22.8 Å². The largest absolute Gasteiger partial charge is 0.489 e. The summed E-state index contributed by atoms with van der Waals surface area (Å²) in [5.41, 5.74) is 7.48. The smallest absolute Gasteiger partial charge is 0.330 e. The molecule has 0 fully saturated rings. The van der Waals surface area contributed by atoms with Gasteiger partial charge >= 0.3 is 5.69 Å². The Balaban J connectivity index is 1.77. The normalized spacial score (nSPS) is 12.9. The summed E-state index contributed by atoms with van der Waals surface area (Å²) in [7, 11) is 0. The van der Waals surface area contributed by atoms with Crippen LogP contribution in [0.1, 0.15) is 37.3 Å². The first kappa shape index (κ1) is 23.8. The van der Waals surface area contributed by atoms with Crippen molar-refractivity contribution >= 4 is 23.1 Å². The lowest BCUT2D eigenvalue weighted by Gasteiger charge is -2.27. The zero-order valence-corrected chi connectivity index (χ0v) is 19.9. The molecule has 3 aromatic rings. The van der Waals surface area contributed by atoms with Crippen LogP contribution in [0.3, 0.4) is 0 Å². The van der Waals surface area contributed by atoms with E-state index in [1.807, 2.05) is 54.3 Å². The molecule has 0 bridgehead atoms. The minimum atomic E-state index is -0.522. The molecule has 1 aliphatic rings. The first-order chi connectivity index (χ1) is 16.5. The van der Waals surface area contributed by atoms with Crippen molar-refractivity contribution in [2.45, 2.75) is 45.8 Å². The molecule has 1 aliphatic heterocycles. The lowest BCUT2D eigenvalue weighted by molar-refractivity contribution is 0.297. The van der Waals surface area contributed by atoms with Crippen LogP contribution in [0.15, 0.2) is 52.1 Å². The van der Waals surface area contributed by atoms with Crippen LogP contribution in [0.25, 0.3) is 0 Å². The number of anilines is 2. The molecule has 3 N–H and O–H groups in total. The topological polar surface area (TPSA) is 103 Å². The standard InChI is InChI=1S/C25H29ClN4O4/c1-2-3-10-30-23(27)21(24(31)28-25(30)32)29(15-17-8-5-4-6-9-17)16-18-13-19(26)22-20(14-18)33-11-7-12-34-22/h4-6,8-9,13-14H,2-3,7,10-12,15-16,27H2,1H3,(H,28,31,32). The number of ether oxygens (including phenoxy) is 2. The number of aromatic amines is 1. The lowest BCUT2D eigenvalue weighted by Crippen LogP contribution is -2.38. The van der Waals surface area contributed by atoms with E-state index in [9.17, 15) is 9.59 Å². The summed E-state index contributed by atoms with van der Waals surface area (Å²) < 4.78 is 13.0. The van der Waals surface area contributed by atoms with Crippen molar-refractivity contribution in [1.29, 1.82) is 0 Å². The van der Waals surface area contributed by atoms with Crippen LogP contribution in [0.5, 0.6) is 11.5 Å². The summed E-state index contributed by atoms with van der Waals surface area (Å²) in [5.74, 6) is 1.26. The summed E-state index contributed by atoms with van der Waals surface area (Å²) >= 11 is 6.51. The van der Waals surface area contributed by atoms with Crippen LogP contribution in [-0.2, 0) is 19.6 Å². The van der Waals surface area contributed by atoms with Gasteiger partial charge in [-0.1, -0.05) is 55.3 Å². The fourth-order valence-corrected chi connectivity index (χ4v) is 4.32. The van der Waals surface area contributed by atoms with E-state index < -0.39 is 11.2 Å². The number of hydrogen-bond acceptors (Lipinski definition) is 6. The highest BCUT2D eigenvalue weighted by Gasteiger charge is 2.22. The molecule has 8 nitrogen and oxygen atoms in total. The Morgan fingerprint density at radius 3 is 2.59 bits per heavy atom. The average molecular weight is 485 g/mol. The number of hydrogen-bond donors (Lipinski definition) is 2. The first-order valence-corrected chi connectivity index (χ1v) is 11.8. The second-order valence-corrected chi connectivity index (χ2v) is 8.70. The predicted molar refractivity (Wildman–Crippen MR) is 134 cm³/mol. The van der Waals surface area contributed by atoms with Crippen molar-refractivity contribution < 1.29 is 9.47 Å². The van der Waals surface area contributed by atoms with Gasteiger partial charge in [0.1, 0.15) is 11.5 Å². The summed E-state index contributed by atoms with van der Waals surface area (Å²) in [6.07, 6.45) is 2.43. The number of aromatic nitrogens is 2. The number of rotatable bonds is 8. The fraction of sp³-hybridized carbons (Fsp3) is 0.360. The van der Waals surface area contributed by atoms with Crippen molar-refractivity contribution in [2.24, 2.45) is 0 Å². The fourth-order valence-electron chi connectivity index (χ4n) is 4.03. The quantitative estimate of drug-likeness (QED) is 0.502. The number of fused-ring (bicyclic) bond motifs is 1. The summed E-state index contributed by atoms with van der Waals surface area (Å²) in [5, 5.41) is 0.448. The number of H-pyrrole nitrogens is 1. The summed E-state index contributed by atoms with van der Waals surface area (Å²) in [4.78, 5) is 29.7. The van der Waals surface area contributed by atoms with Crippen LogP contribution >= 0.6 is 11.6 Å². The SMILES string of the molecule is CCCCn1c(N)c(N(Cc2ccccc2)Cc2cc(Cl)c3c(c2)OCCCO3)c(=O)[nH]c1=O. The summed E-state index contributed by atoms with van der Waals surface area (Å²) in [6.45, 7) is 4.27. The van der Waals surface area contributed by atoms with Gasteiger partial charge in [0.15, 0.2) is 11.5 Å². The van der Waals surface area contributed by atoms with E-state index in [0.29, 0.717) is 49.4 Å². The maximum absolute atomic E-state index is 13.0. The molecule has 0 saturated heterocycles. The van der Waals surface area contributed by atoms with Gasteiger partial charge in [-0.15, -0.1) is 0 Å². The minimum absolute atomic E-state index is 0.151. The molecule has 9 heteroatoms. The molecule has 0 spiro atoms. The highest BCUT2D eigenvalue weighted by atomic mass is 35.5. The van der Waals surface area contributed by atoms with Crippen LogP contribution in [0, 0.1) is 0 Å². The number of halogens is 1. The zero-order chi connectivity index (χ0) is 24.1. The molecule has 1 aromatic heterocycles. The van der Waals surface area contributed by atoms with E-state index in [-0.39, 0.29) is 11.5 Å². The Morgan fingerprint density at radius 1 is 1.09 bits per heavy atom. The maximum Gasteiger partial charge on any atom is 0.330 e. The van der Waals surface area contributed by atoms with Crippen LogP contribution in [0.4, 0.5) is 11.5 Å². The van der Waals surface area contributed by atoms with E-state index >= 15 is 0 Å². The van der Waals surface area contributed by atoms with Gasteiger partial charge in [-0.25, -0.2) is 4.79 Å². The summed E-state index contributed by atoms with van der Waals surface area (Å²) in [6, 6.07) is 13.5. The Labute approximate surface area is 202 Å². The highest BCUT2D eigenvalue weighted by Crippen LogP contribution is 2.38. The van der Waals surface area contributed by atoms with E-state index in [2.05, 4.69) is 4.98 Å². The molecule has 0 atom stereocenters. The molecule has 2 aromatic carbocycles. The van der Waals surface area contributed by atoms with Crippen molar-refractivity contribution in [3.63, 3.8) is 0 Å². The number of nitrogens with one attached hydrogen (secondary N) is 1. The third kappa shape index (κ3) is 5.22. The number of nitrogen functional groups attached to an aromatic ring is 1. The van der Waals surface area contributed by atoms with Gasteiger partial charge in [-0.2, -0.15) is 0 Å². The molecule has 34 heavy (non-hydrogen) atoms. The van der Waals surface area contributed by atoms with Crippen molar-refractivity contribution in [3.8, 4) is 11.5 Å². The Bertz CT molecular complexity index is 1260. The van der Waals surface area contributed by atoms with Gasteiger partial charge in [0.25, 0.3) is 5.56 Å². The Morgan fingerprint density at radius 2 is 1.82 bits per heavy atom. The zero-order valence-electron chi connectivity index (χ0n) is 19.2. The van der Waals surface area contributed by atoms with Gasteiger partial charge in [0, 0.05) is 26.1 Å². The van der Waals surface area contributed by atoms with E-state index in [1.54, 1.807) is 0 Å². The van der Waals surface area contributed by atoms with Gasteiger partial charge < -0.3 is 20.1 Å². The van der Waals surface area contributed by atoms with Gasteiger partial charge in [0.2, 0.25) is 0 Å². The third-order valence-electron chi connectivity index (χ3n) is 5.72. The van der Waals surface area contributed by atoms with Crippen LogP contribution in [0.2, 0.25) is 5.02 Å². The molecule has 2 heterocycles. The minimum Gasteiger partial charge on any atom is -0.489 e. The third-order valence-corrected chi connectivity index (χ3v) is 6.00. The monoisotopic (exact) mass is 484 g/mol. The first-order valence-electron chi connectivity index (χ1n) is 11.5. The highest BCUT2D eigenvalue weighted by molar-refractivity contribution is 6.32. The second-order valence-electron chi connectivity index (χ2n) is 8.30. The van der Waals surface area contributed by atoms with Crippen molar-refractivity contribution in [1.82, 2.24) is 9.55 Å². The molecular formula is C25H29ClN4O4. The molecule has 0 amide bonds.